The SMILES string of the molecule is CCCCCCCc1ccc(C=C(CCC)C(OC(C)=O)OC(C)=O)cc1. The van der Waals surface area contributed by atoms with Crippen LogP contribution in [0.2, 0.25) is 0 Å². The third-order valence-corrected chi connectivity index (χ3v) is 4.29. The molecule has 4 heteroatoms. The Balaban J connectivity index is 2.81. The zero-order chi connectivity index (χ0) is 20.1. The topological polar surface area (TPSA) is 52.6 Å². The van der Waals surface area contributed by atoms with Crippen LogP contribution in [0.3, 0.4) is 0 Å². The molecule has 0 aliphatic carbocycles. The predicted molar refractivity (Wildman–Crippen MR) is 109 cm³/mol. The third-order valence-electron chi connectivity index (χ3n) is 4.29. The van der Waals surface area contributed by atoms with Crippen molar-refractivity contribution in [1.29, 1.82) is 0 Å². The minimum Gasteiger partial charge on any atom is -0.421 e. The molecule has 4 nitrogen and oxygen atoms in total. The Labute approximate surface area is 163 Å². The summed E-state index contributed by atoms with van der Waals surface area (Å²) in [5, 5.41) is 0. The van der Waals surface area contributed by atoms with E-state index in [1.807, 2.05) is 13.0 Å². The van der Waals surface area contributed by atoms with E-state index >= 15 is 0 Å². The highest BCUT2D eigenvalue weighted by atomic mass is 16.7. The number of esters is 2. The first-order chi connectivity index (χ1) is 13.0. The van der Waals surface area contributed by atoms with Gasteiger partial charge in [-0.25, -0.2) is 0 Å². The molecule has 0 aliphatic rings. The lowest BCUT2D eigenvalue weighted by Crippen LogP contribution is -2.24. The van der Waals surface area contributed by atoms with Crippen LogP contribution in [0.1, 0.15) is 83.8 Å². The predicted octanol–water partition coefficient (Wildman–Crippen LogP) is 5.84. The van der Waals surface area contributed by atoms with Crippen LogP contribution >= 0.6 is 0 Å². The second-order valence-electron chi connectivity index (χ2n) is 6.93. The molecule has 0 heterocycles. The van der Waals surface area contributed by atoms with Crippen LogP contribution in [-0.2, 0) is 25.5 Å². The minimum atomic E-state index is -0.960. The van der Waals surface area contributed by atoms with Gasteiger partial charge in [0.2, 0.25) is 0 Å². The lowest BCUT2D eigenvalue weighted by molar-refractivity contribution is -0.178. The Bertz CT molecular complexity index is 585. The van der Waals surface area contributed by atoms with Crippen molar-refractivity contribution in [3.8, 4) is 0 Å². The van der Waals surface area contributed by atoms with Gasteiger partial charge in [-0.2, -0.15) is 0 Å². The number of carbonyl (C=O) groups excluding carboxylic acids is 2. The Morgan fingerprint density at radius 2 is 1.48 bits per heavy atom. The average molecular weight is 375 g/mol. The standard InChI is InChI=1S/C23H34O4/c1-5-7-8-9-10-12-20-13-15-21(16-14-20)17-22(11-6-2)23(26-18(3)24)27-19(4)25/h13-17,23H,5-12H2,1-4H3. The zero-order valence-electron chi connectivity index (χ0n) is 17.3. The van der Waals surface area contributed by atoms with Gasteiger partial charge in [-0.05, 0) is 36.5 Å². The first-order valence-electron chi connectivity index (χ1n) is 10.1. The van der Waals surface area contributed by atoms with Crippen molar-refractivity contribution >= 4 is 18.0 Å². The number of hydrogen-bond donors (Lipinski definition) is 0. The third kappa shape index (κ3) is 9.97. The van der Waals surface area contributed by atoms with E-state index in [-0.39, 0.29) is 0 Å². The molecule has 1 aromatic rings. The maximum atomic E-state index is 11.4. The number of aryl methyl sites for hydroxylation is 1. The number of rotatable bonds is 12. The number of carbonyl (C=O) groups is 2. The fourth-order valence-corrected chi connectivity index (χ4v) is 2.95. The average Bonchev–Trinajstić information content (AvgIpc) is 2.61. The molecule has 0 spiro atoms. The molecule has 0 atom stereocenters. The minimum absolute atomic E-state index is 0.471. The van der Waals surface area contributed by atoms with Gasteiger partial charge in [-0.15, -0.1) is 0 Å². The van der Waals surface area contributed by atoms with E-state index in [0.29, 0.717) is 6.42 Å². The number of hydrogen-bond acceptors (Lipinski definition) is 4. The molecule has 1 aromatic carbocycles. The van der Waals surface area contributed by atoms with E-state index in [1.54, 1.807) is 0 Å². The zero-order valence-corrected chi connectivity index (χ0v) is 17.3. The Kier molecular flexibility index (Phi) is 11.2. The van der Waals surface area contributed by atoms with Gasteiger partial charge in [0, 0.05) is 19.4 Å². The highest BCUT2D eigenvalue weighted by Crippen LogP contribution is 2.20. The first kappa shape index (κ1) is 22.9. The Hall–Kier alpha value is -2.10. The normalized spacial score (nSPS) is 11.5. The van der Waals surface area contributed by atoms with Gasteiger partial charge in [0.15, 0.2) is 0 Å². The fraction of sp³-hybridized carbons (Fsp3) is 0.565. The molecule has 27 heavy (non-hydrogen) atoms. The Morgan fingerprint density at radius 3 is 2.00 bits per heavy atom. The number of ether oxygens (including phenoxy) is 2. The summed E-state index contributed by atoms with van der Waals surface area (Å²) in [5.74, 6) is -0.941. The highest BCUT2D eigenvalue weighted by Gasteiger charge is 2.20. The van der Waals surface area contributed by atoms with Crippen LogP contribution in [0.4, 0.5) is 0 Å². The lowest BCUT2D eigenvalue weighted by Gasteiger charge is -2.19. The van der Waals surface area contributed by atoms with Crippen LogP contribution in [0.15, 0.2) is 29.8 Å². The van der Waals surface area contributed by atoms with Crippen molar-refractivity contribution in [3.63, 3.8) is 0 Å². The summed E-state index contributed by atoms with van der Waals surface area (Å²) >= 11 is 0. The van der Waals surface area contributed by atoms with E-state index < -0.39 is 18.2 Å². The van der Waals surface area contributed by atoms with Gasteiger partial charge in [-0.3, -0.25) is 9.59 Å². The summed E-state index contributed by atoms with van der Waals surface area (Å²) in [4.78, 5) is 22.7. The van der Waals surface area contributed by atoms with Crippen LogP contribution in [0.25, 0.3) is 6.08 Å². The van der Waals surface area contributed by atoms with Crippen molar-refractivity contribution in [2.24, 2.45) is 0 Å². The molecule has 0 saturated heterocycles. The molecule has 0 saturated carbocycles. The van der Waals surface area contributed by atoms with Crippen molar-refractivity contribution in [2.75, 3.05) is 0 Å². The molecule has 0 fully saturated rings. The number of unbranched alkanes of at least 4 members (excludes halogenated alkanes) is 4. The molecule has 1 rings (SSSR count). The van der Waals surface area contributed by atoms with Crippen LogP contribution < -0.4 is 0 Å². The van der Waals surface area contributed by atoms with Gasteiger partial charge in [-0.1, -0.05) is 70.2 Å². The molecule has 0 aliphatic heterocycles. The molecule has 0 bridgehead atoms. The largest absolute Gasteiger partial charge is 0.421 e. The summed E-state index contributed by atoms with van der Waals surface area (Å²) in [6, 6.07) is 8.41. The second kappa shape index (κ2) is 13.1. The fourth-order valence-electron chi connectivity index (χ4n) is 2.95. The molecule has 0 aromatic heterocycles. The Morgan fingerprint density at radius 1 is 0.889 bits per heavy atom. The molecular formula is C23H34O4. The van der Waals surface area contributed by atoms with Gasteiger partial charge >= 0.3 is 11.9 Å². The molecule has 0 amide bonds. The lowest BCUT2D eigenvalue weighted by atomic mass is 10.0. The molecule has 0 unspecified atom stereocenters. The molecule has 0 N–H and O–H groups in total. The van der Waals surface area contributed by atoms with E-state index in [1.165, 1.54) is 51.5 Å². The summed E-state index contributed by atoms with van der Waals surface area (Å²) in [5.41, 5.74) is 3.13. The number of benzene rings is 1. The van der Waals surface area contributed by atoms with Gasteiger partial charge in [0.25, 0.3) is 6.29 Å². The molecular weight excluding hydrogens is 340 g/mol. The summed E-state index contributed by atoms with van der Waals surface area (Å²) in [7, 11) is 0. The smallest absolute Gasteiger partial charge is 0.305 e. The summed E-state index contributed by atoms with van der Waals surface area (Å²) < 4.78 is 10.4. The molecule has 150 valence electrons. The van der Waals surface area contributed by atoms with Crippen molar-refractivity contribution < 1.29 is 19.1 Å². The van der Waals surface area contributed by atoms with E-state index in [2.05, 4.69) is 31.2 Å². The van der Waals surface area contributed by atoms with Gasteiger partial charge < -0.3 is 9.47 Å². The second-order valence-corrected chi connectivity index (χ2v) is 6.93. The molecule has 0 radical (unpaired) electrons. The van der Waals surface area contributed by atoms with Gasteiger partial charge in [0.05, 0.1) is 0 Å². The summed E-state index contributed by atoms with van der Waals surface area (Å²) in [6.07, 6.45) is 10.0. The van der Waals surface area contributed by atoms with E-state index in [9.17, 15) is 9.59 Å². The van der Waals surface area contributed by atoms with Crippen molar-refractivity contribution in [3.05, 3.63) is 41.0 Å². The maximum Gasteiger partial charge on any atom is 0.305 e. The van der Waals surface area contributed by atoms with Crippen LogP contribution in [0, 0.1) is 0 Å². The highest BCUT2D eigenvalue weighted by molar-refractivity contribution is 5.69. The van der Waals surface area contributed by atoms with E-state index in [4.69, 9.17) is 9.47 Å². The van der Waals surface area contributed by atoms with Gasteiger partial charge in [0.1, 0.15) is 0 Å². The summed E-state index contributed by atoms with van der Waals surface area (Å²) in [6.45, 7) is 6.89. The van der Waals surface area contributed by atoms with Crippen LogP contribution in [-0.4, -0.2) is 18.2 Å². The first-order valence-corrected chi connectivity index (χ1v) is 10.1. The van der Waals surface area contributed by atoms with E-state index in [0.717, 1.165) is 24.0 Å². The van der Waals surface area contributed by atoms with Crippen LogP contribution in [0.5, 0.6) is 0 Å². The monoisotopic (exact) mass is 374 g/mol. The maximum absolute atomic E-state index is 11.4. The van der Waals surface area contributed by atoms with Crippen molar-refractivity contribution in [2.45, 2.75) is 85.4 Å². The van der Waals surface area contributed by atoms with Crippen molar-refractivity contribution in [1.82, 2.24) is 0 Å². The quantitative estimate of drug-likeness (QED) is 0.262.